The van der Waals surface area contributed by atoms with Crippen molar-refractivity contribution in [1.82, 2.24) is 0 Å². The van der Waals surface area contributed by atoms with Gasteiger partial charge in [-0.2, -0.15) is 0 Å². The summed E-state index contributed by atoms with van der Waals surface area (Å²) in [5, 5.41) is -0.0286. The molecule has 31 heavy (non-hydrogen) atoms. The maximum absolute atomic E-state index is 15.2. The fraction of sp³-hybridized carbons (Fsp3) is 0.192. The van der Waals surface area contributed by atoms with Crippen LogP contribution in [0.3, 0.4) is 0 Å². The number of carbonyl (C=O) groups excluding carboxylic acids is 3. The van der Waals surface area contributed by atoms with E-state index in [4.69, 9.17) is 0 Å². The van der Waals surface area contributed by atoms with Crippen LogP contribution >= 0.6 is 0 Å². The summed E-state index contributed by atoms with van der Waals surface area (Å²) in [5.74, 6) is -5.15. The lowest BCUT2D eigenvalue weighted by Crippen LogP contribution is -2.42. The van der Waals surface area contributed by atoms with E-state index in [1.165, 1.54) is 12.1 Å². The molecule has 0 radical (unpaired) electrons. The van der Waals surface area contributed by atoms with E-state index in [0.717, 1.165) is 0 Å². The molecule has 0 aliphatic carbocycles. The van der Waals surface area contributed by atoms with E-state index in [1.807, 2.05) is 0 Å². The van der Waals surface area contributed by atoms with Gasteiger partial charge in [0.1, 0.15) is 11.7 Å². The second-order valence-corrected chi connectivity index (χ2v) is 7.61. The number of hydrogen-bond acceptors (Lipinski definition) is 3. The van der Waals surface area contributed by atoms with E-state index in [0.29, 0.717) is 11.1 Å². The van der Waals surface area contributed by atoms with Crippen molar-refractivity contribution in [1.29, 1.82) is 0 Å². The number of halogens is 1. The van der Waals surface area contributed by atoms with Gasteiger partial charge in [0.15, 0.2) is 5.78 Å². The lowest BCUT2D eigenvalue weighted by Gasteiger charge is -2.28. The van der Waals surface area contributed by atoms with Crippen LogP contribution in [0.5, 0.6) is 0 Å². The van der Waals surface area contributed by atoms with Gasteiger partial charge in [-0.3, -0.25) is 14.4 Å². The third-order valence-corrected chi connectivity index (χ3v) is 5.15. The molecule has 0 aliphatic rings. The van der Waals surface area contributed by atoms with Crippen molar-refractivity contribution in [2.75, 3.05) is 5.12 Å². The van der Waals surface area contributed by atoms with E-state index in [1.54, 1.807) is 92.7 Å². The average Bonchev–Trinajstić information content (AvgIpc) is 2.82. The Bertz CT molecular complexity index is 1040. The Balaban J connectivity index is 2.13. The third-order valence-electron chi connectivity index (χ3n) is 5.15. The molecule has 3 rings (SSSR count). The molecular weight excluding hydrogens is 393 g/mol. The first-order valence-electron chi connectivity index (χ1n) is 10.1. The molecule has 0 N–H and O–H groups in total. The highest BCUT2D eigenvalue weighted by Crippen LogP contribution is 2.34. The van der Waals surface area contributed by atoms with Gasteiger partial charge < -0.3 is 0 Å². The van der Waals surface area contributed by atoms with Crippen LogP contribution in [0, 0.1) is 11.8 Å². The minimum absolute atomic E-state index is 0.00743. The topological polar surface area (TPSA) is 54.5 Å². The summed E-state index contributed by atoms with van der Waals surface area (Å²) >= 11 is 0. The Labute approximate surface area is 181 Å². The predicted molar refractivity (Wildman–Crippen MR) is 118 cm³/mol. The van der Waals surface area contributed by atoms with Crippen molar-refractivity contribution in [3.63, 3.8) is 0 Å². The lowest BCUT2D eigenvalue weighted by molar-refractivity contribution is -0.136. The fourth-order valence-electron chi connectivity index (χ4n) is 3.53. The molecular formula is C26H24FNO3. The molecule has 0 saturated carbocycles. The van der Waals surface area contributed by atoms with E-state index in [-0.39, 0.29) is 10.8 Å². The summed E-state index contributed by atoms with van der Waals surface area (Å²) in [6.45, 7) is 3.28. The molecule has 0 saturated heterocycles. The molecule has 4 nitrogen and oxygen atoms in total. The molecule has 0 aromatic heterocycles. The number of ketones is 2. The average molecular weight is 417 g/mol. The number of amides is 1. The predicted octanol–water partition coefficient (Wildman–Crippen LogP) is 5.41. The Morgan fingerprint density at radius 1 is 0.742 bits per heavy atom. The van der Waals surface area contributed by atoms with Crippen molar-refractivity contribution in [3.05, 3.63) is 102 Å². The summed E-state index contributed by atoms with van der Waals surface area (Å²) in [5.41, 5.74) is 0.856. The fourth-order valence-corrected chi connectivity index (χ4v) is 3.53. The highest BCUT2D eigenvalue weighted by atomic mass is 19.2. The second-order valence-electron chi connectivity index (χ2n) is 7.61. The quantitative estimate of drug-likeness (QED) is 0.280. The van der Waals surface area contributed by atoms with Crippen LogP contribution in [0.1, 0.15) is 35.7 Å². The van der Waals surface area contributed by atoms with Crippen molar-refractivity contribution in [2.24, 2.45) is 11.8 Å². The number of nitrogens with zero attached hydrogens (tertiary/aromatic N) is 1. The molecule has 3 aromatic rings. The first-order chi connectivity index (χ1) is 14.9. The maximum Gasteiger partial charge on any atom is 0.266 e. The molecule has 2 atom stereocenters. The number of para-hydroxylation sites is 1. The smallest absolute Gasteiger partial charge is 0.266 e. The van der Waals surface area contributed by atoms with Crippen LogP contribution < -0.4 is 5.12 Å². The Morgan fingerprint density at radius 2 is 1.23 bits per heavy atom. The number of Topliss-reactive ketones (excluding diaryl/α,β-unsaturated/α-hetero) is 2. The molecule has 0 aliphatic heterocycles. The largest absolute Gasteiger partial charge is 0.298 e. The number of hydrogen-bond donors (Lipinski definition) is 0. The van der Waals surface area contributed by atoms with Crippen LogP contribution in [-0.2, 0) is 9.59 Å². The number of anilines is 1. The molecule has 0 heterocycles. The monoisotopic (exact) mass is 417 g/mol. The zero-order valence-corrected chi connectivity index (χ0v) is 17.4. The van der Waals surface area contributed by atoms with E-state index in [2.05, 4.69) is 0 Å². The van der Waals surface area contributed by atoms with Gasteiger partial charge in [0.05, 0.1) is 11.6 Å². The summed E-state index contributed by atoms with van der Waals surface area (Å²) in [6.07, 6.45) is 0. The summed E-state index contributed by atoms with van der Waals surface area (Å²) in [7, 11) is 0. The van der Waals surface area contributed by atoms with Gasteiger partial charge in [0, 0.05) is 11.5 Å². The van der Waals surface area contributed by atoms with Crippen molar-refractivity contribution in [3.8, 4) is 0 Å². The van der Waals surface area contributed by atoms with Crippen molar-refractivity contribution in [2.45, 2.75) is 19.8 Å². The maximum atomic E-state index is 15.2. The second kappa shape index (κ2) is 9.94. The minimum atomic E-state index is -1.50. The highest BCUT2D eigenvalue weighted by Gasteiger charge is 2.43. The van der Waals surface area contributed by atoms with Crippen molar-refractivity contribution >= 4 is 23.2 Å². The summed E-state index contributed by atoms with van der Waals surface area (Å²) in [4.78, 5) is 40.1. The van der Waals surface area contributed by atoms with Crippen LogP contribution in [0.25, 0.3) is 0 Å². The van der Waals surface area contributed by atoms with Gasteiger partial charge in [-0.25, -0.2) is 0 Å². The summed E-state index contributed by atoms with van der Waals surface area (Å²) in [6, 6.07) is 24.8. The molecule has 158 valence electrons. The van der Waals surface area contributed by atoms with Crippen LogP contribution in [-0.4, -0.2) is 17.5 Å². The van der Waals surface area contributed by atoms with Crippen LogP contribution in [0.2, 0.25) is 0 Å². The van der Waals surface area contributed by atoms with Gasteiger partial charge in [-0.1, -0.05) is 97.2 Å². The molecule has 3 aromatic carbocycles. The molecule has 5 heteroatoms. The first kappa shape index (κ1) is 22.1. The summed E-state index contributed by atoms with van der Waals surface area (Å²) < 4.78 is 15.2. The zero-order chi connectivity index (χ0) is 22.4. The molecule has 0 fully saturated rings. The van der Waals surface area contributed by atoms with Gasteiger partial charge in [0.2, 0.25) is 0 Å². The SMILES string of the molecule is CC(C)C(=O)C(C(=O)N(F)c1ccccc1)C(C(=O)c1ccccc1)c1ccccc1. The van der Waals surface area contributed by atoms with Gasteiger partial charge in [-0.05, 0) is 17.7 Å². The third kappa shape index (κ3) is 4.94. The normalized spacial score (nSPS) is 12.8. The zero-order valence-electron chi connectivity index (χ0n) is 17.4. The molecule has 2 unspecified atom stereocenters. The first-order valence-corrected chi connectivity index (χ1v) is 10.1. The van der Waals surface area contributed by atoms with Gasteiger partial charge in [-0.15, -0.1) is 5.12 Å². The van der Waals surface area contributed by atoms with Gasteiger partial charge >= 0.3 is 0 Å². The molecule has 1 amide bonds. The minimum Gasteiger partial charge on any atom is -0.298 e. The Morgan fingerprint density at radius 3 is 1.74 bits per heavy atom. The van der Waals surface area contributed by atoms with Gasteiger partial charge in [0.25, 0.3) is 5.91 Å². The van der Waals surface area contributed by atoms with Crippen LogP contribution in [0.15, 0.2) is 91.0 Å². The standard InChI is InChI=1S/C26H24FNO3/c1-18(2)24(29)23(26(31)28(27)21-16-10-5-11-17-21)22(19-12-6-3-7-13-19)25(30)20-14-8-4-9-15-20/h3-18,22-23H,1-2H3. The van der Waals surface area contributed by atoms with E-state index >= 15 is 4.48 Å². The van der Waals surface area contributed by atoms with E-state index in [9.17, 15) is 14.4 Å². The Hall–Kier alpha value is -3.60. The van der Waals surface area contributed by atoms with Crippen molar-refractivity contribution < 1.29 is 18.9 Å². The van der Waals surface area contributed by atoms with E-state index < -0.39 is 35.2 Å². The number of benzene rings is 3. The number of rotatable bonds is 8. The van der Waals surface area contributed by atoms with Crippen LogP contribution in [0.4, 0.5) is 10.2 Å². The highest BCUT2D eigenvalue weighted by molar-refractivity contribution is 6.14. The molecule has 0 spiro atoms. The lowest BCUT2D eigenvalue weighted by atomic mass is 9.75. The Kier molecular flexibility index (Phi) is 7.08. The molecule has 0 bridgehead atoms. The number of carbonyl (C=O) groups is 3.